The number of nitrogens with zero attached hydrogens (tertiary/aromatic N) is 2. The minimum Gasteiger partial charge on any atom is -0.497 e. The van der Waals surface area contributed by atoms with Crippen LogP contribution in [0.3, 0.4) is 0 Å². The highest BCUT2D eigenvalue weighted by molar-refractivity contribution is 7.86. The van der Waals surface area contributed by atoms with E-state index in [9.17, 15) is 13.2 Å². The molecule has 1 aromatic rings. The molecule has 0 atom stereocenters. The van der Waals surface area contributed by atoms with E-state index in [1.807, 2.05) is 0 Å². The highest BCUT2D eigenvalue weighted by atomic mass is 32.2. The second-order valence-electron chi connectivity index (χ2n) is 6.03. The monoisotopic (exact) mass is 369 g/mol. The Balaban J connectivity index is 2.03. The lowest BCUT2D eigenvalue weighted by Gasteiger charge is -2.27. The van der Waals surface area contributed by atoms with Crippen molar-refractivity contribution in [2.24, 2.45) is 0 Å². The molecule has 0 unspecified atom stereocenters. The van der Waals surface area contributed by atoms with Crippen molar-refractivity contribution in [3.05, 3.63) is 24.3 Å². The number of benzene rings is 1. The summed E-state index contributed by atoms with van der Waals surface area (Å²) in [7, 11) is -2.07. The van der Waals surface area contributed by atoms with Crippen molar-refractivity contribution in [3.63, 3.8) is 0 Å². The Morgan fingerprint density at radius 2 is 1.92 bits per heavy atom. The molecule has 2 rings (SSSR count). The fraction of sp³-hybridized carbons (Fsp3) is 0.588. The number of carbonyl (C=O) groups is 1. The first-order valence-electron chi connectivity index (χ1n) is 8.66. The maximum atomic E-state index is 12.8. The topological polar surface area (TPSA) is 79.0 Å². The van der Waals surface area contributed by atoms with Crippen LogP contribution in [0.5, 0.6) is 5.75 Å². The molecule has 140 valence electrons. The number of methoxy groups -OCH3 is 1. The Bertz CT molecular complexity index is 670. The maximum absolute atomic E-state index is 12.8. The van der Waals surface area contributed by atoms with Crippen LogP contribution in [0.25, 0.3) is 0 Å². The summed E-state index contributed by atoms with van der Waals surface area (Å²) >= 11 is 0. The number of likely N-dealkylation sites (N-methyl/N-ethyl adjacent to an activating group) is 1. The second kappa shape index (κ2) is 9.17. The second-order valence-corrected chi connectivity index (χ2v) is 7.96. The van der Waals surface area contributed by atoms with Gasteiger partial charge in [-0.05, 0) is 25.0 Å². The van der Waals surface area contributed by atoms with Gasteiger partial charge in [-0.2, -0.15) is 17.0 Å². The van der Waals surface area contributed by atoms with Crippen molar-refractivity contribution in [2.45, 2.75) is 32.6 Å². The Labute approximate surface area is 150 Å². The average Bonchev–Trinajstić information content (AvgIpc) is 2.89. The average molecular weight is 369 g/mol. The van der Waals surface area contributed by atoms with Crippen LogP contribution in [0, 0.1) is 0 Å². The number of rotatable bonds is 7. The SMILES string of the molecule is CCN(CC(=O)Nc1cccc(OC)c1)S(=O)(=O)N1CCCCCC1. The molecule has 1 aliphatic heterocycles. The molecule has 0 radical (unpaired) electrons. The molecule has 1 N–H and O–H groups in total. The molecular formula is C17H27N3O4S. The summed E-state index contributed by atoms with van der Waals surface area (Å²) in [5.41, 5.74) is 0.576. The Hall–Kier alpha value is -1.64. The van der Waals surface area contributed by atoms with Gasteiger partial charge in [0.05, 0.1) is 13.7 Å². The van der Waals surface area contributed by atoms with Crippen molar-refractivity contribution in [3.8, 4) is 5.75 Å². The van der Waals surface area contributed by atoms with Gasteiger partial charge in [0.25, 0.3) is 10.2 Å². The van der Waals surface area contributed by atoms with E-state index < -0.39 is 10.2 Å². The van der Waals surface area contributed by atoms with Gasteiger partial charge >= 0.3 is 0 Å². The third-order valence-corrected chi connectivity index (χ3v) is 6.30. The van der Waals surface area contributed by atoms with E-state index >= 15 is 0 Å². The van der Waals surface area contributed by atoms with Gasteiger partial charge in [0, 0.05) is 31.4 Å². The minimum atomic E-state index is -3.62. The zero-order valence-electron chi connectivity index (χ0n) is 14.9. The van der Waals surface area contributed by atoms with Crippen LogP contribution in [0.15, 0.2) is 24.3 Å². The molecule has 1 aromatic carbocycles. The van der Waals surface area contributed by atoms with Crippen molar-refractivity contribution < 1.29 is 17.9 Å². The van der Waals surface area contributed by atoms with Gasteiger partial charge < -0.3 is 10.1 Å². The molecule has 8 heteroatoms. The van der Waals surface area contributed by atoms with E-state index in [1.165, 1.54) is 8.61 Å². The van der Waals surface area contributed by atoms with Crippen LogP contribution in [0.2, 0.25) is 0 Å². The summed E-state index contributed by atoms with van der Waals surface area (Å²) < 4.78 is 33.5. The van der Waals surface area contributed by atoms with Crippen molar-refractivity contribution in [1.82, 2.24) is 8.61 Å². The zero-order valence-corrected chi connectivity index (χ0v) is 15.7. The van der Waals surface area contributed by atoms with Gasteiger partial charge in [-0.25, -0.2) is 0 Å². The first-order chi connectivity index (χ1) is 12.0. The van der Waals surface area contributed by atoms with Crippen molar-refractivity contribution >= 4 is 21.8 Å². The van der Waals surface area contributed by atoms with Gasteiger partial charge in [-0.1, -0.05) is 25.8 Å². The van der Waals surface area contributed by atoms with Gasteiger partial charge in [0.1, 0.15) is 5.75 Å². The largest absolute Gasteiger partial charge is 0.497 e. The number of hydrogen-bond acceptors (Lipinski definition) is 4. The molecule has 1 saturated heterocycles. The third-order valence-electron chi connectivity index (χ3n) is 4.24. The van der Waals surface area contributed by atoms with Crippen LogP contribution in [0.1, 0.15) is 32.6 Å². The predicted molar refractivity (Wildman–Crippen MR) is 97.8 cm³/mol. The fourth-order valence-electron chi connectivity index (χ4n) is 2.85. The lowest BCUT2D eigenvalue weighted by Crippen LogP contribution is -2.47. The lowest BCUT2D eigenvalue weighted by molar-refractivity contribution is -0.116. The van der Waals surface area contributed by atoms with E-state index in [2.05, 4.69) is 5.32 Å². The summed E-state index contributed by atoms with van der Waals surface area (Å²) in [4.78, 5) is 12.3. The Morgan fingerprint density at radius 3 is 2.52 bits per heavy atom. The predicted octanol–water partition coefficient (Wildman–Crippen LogP) is 2.08. The van der Waals surface area contributed by atoms with Gasteiger partial charge in [-0.15, -0.1) is 0 Å². The summed E-state index contributed by atoms with van der Waals surface area (Å²) in [5, 5.41) is 2.73. The summed E-state index contributed by atoms with van der Waals surface area (Å²) in [6.07, 6.45) is 3.84. The van der Waals surface area contributed by atoms with Gasteiger partial charge in [-0.3, -0.25) is 4.79 Å². The quantitative estimate of drug-likeness (QED) is 0.798. The molecule has 1 amide bonds. The van der Waals surface area contributed by atoms with Gasteiger partial charge in [0.2, 0.25) is 5.91 Å². The van der Waals surface area contributed by atoms with Crippen molar-refractivity contribution in [2.75, 3.05) is 38.6 Å². The van der Waals surface area contributed by atoms with Crippen LogP contribution < -0.4 is 10.1 Å². The van der Waals surface area contributed by atoms with E-state index in [-0.39, 0.29) is 19.0 Å². The highest BCUT2D eigenvalue weighted by Crippen LogP contribution is 2.18. The zero-order chi connectivity index (χ0) is 18.3. The van der Waals surface area contributed by atoms with Crippen LogP contribution in [-0.4, -0.2) is 56.2 Å². The van der Waals surface area contributed by atoms with Crippen LogP contribution in [-0.2, 0) is 15.0 Å². The summed E-state index contributed by atoms with van der Waals surface area (Å²) in [6.45, 7) is 2.85. The van der Waals surface area contributed by atoms with E-state index in [1.54, 1.807) is 38.3 Å². The molecule has 1 heterocycles. The molecule has 0 saturated carbocycles. The normalized spacial score (nSPS) is 16.4. The molecule has 0 aromatic heterocycles. The number of hydrogen-bond donors (Lipinski definition) is 1. The minimum absolute atomic E-state index is 0.202. The number of carbonyl (C=O) groups excluding carboxylic acids is 1. The van der Waals surface area contributed by atoms with E-state index in [0.29, 0.717) is 24.5 Å². The molecule has 0 spiro atoms. The number of nitrogens with one attached hydrogen (secondary N) is 1. The third kappa shape index (κ3) is 5.42. The van der Waals surface area contributed by atoms with E-state index in [0.717, 1.165) is 25.7 Å². The smallest absolute Gasteiger partial charge is 0.282 e. The summed E-state index contributed by atoms with van der Waals surface area (Å²) in [5.74, 6) is 0.260. The number of amides is 1. The molecule has 1 fully saturated rings. The van der Waals surface area contributed by atoms with Crippen LogP contribution in [0.4, 0.5) is 5.69 Å². The standard InChI is InChI=1S/C17H27N3O4S/c1-3-19(25(22,23)20-11-6-4-5-7-12-20)14-17(21)18-15-9-8-10-16(13-15)24-2/h8-10,13H,3-7,11-12,14H2,1-2H3,(H,18,21). The van der Waals surface area contributed by atoms with E-state index in [4.69, 9.17) is 4.74 Å². The first-order valence-corrected chi connectivity index (χ1v) is 10.1. The molecule has 0 bridgehead atoms. The Kier molecular flexibility index (Phi) is 7.22. The molecule has 25 heavy (non-hydrogen) atoms. The molecule has 7 nitrogen and oxygen atoms in total. The summed E-state index contributed by atoms with van der Waals surface area (Å²) in [6, 6.07) is 6.97. The van der Waals surface area contributed by atoms with Crippen LogP contribution >= 0.6 is 0 Å². The Morgan fingerprint density at radius 1 is 1.24 bits per heavy atom. The maximum Gasteiger partial charge on any atom is 0.282 e. The highest BCUT2D eigenvalue weighted by Gasteiger charge is 2.30. The molecule has 1 aliphatic rings. The fourth-order valence-corrected chi connectivity index (χ4v) is 4.51. The lowest BCUT2D eigenvalue weighted by atomic mass is 10.2. The molecular weight excluding hydrogens is 342 g/mol. The number of ether oxygens (including phenoxy) is 1. The first kappa shape index (κ1) is 19.7. The van der Waals surface area contributed by atoms with Crippen molar-refractivity contribution in [1.29, 1.82) is 0 Å². The number of anilines is 1. The molecule has 0 aliphatic carbocycles. The van der Waals surface area contributed by atoms with Gasteiger partial charge in [0.15, 0.2) is 0 Å².